The Morgan fingerprint density at radius 2 is 2.33 bits per heavy atom. The van der Waals surface area contributed by atoms with Crippen LogP contribution in [-0.2, 0) is 11.3 Å². The summed E-state index contributed by atoms with van der Waals surface area (Å²) in [7, 11) is 0. The summed E-state index contributed by atoms with van der Waals surface area (Å²) in [4.78, 5) is 2.43. The Balaban J connectivity index is 1.70. The normalized spacial score (nSPS) is 20.4. The molecule has 0 unspecified atom stereocenters. The van der Waals surface area contributed by atoms with Gasteiger partial charge in [-0.25, -0.2) is 4.68 Å². The van der Waals surface area contributed by atoms with E-state index in [4.69, 9.17) is 16.3 Å². The standard InChI is InChI=1S/C16H20ClN3O/c1-13-10-19(6-3-7-21-13)11-14-9-18-20(12-14)16-5-2-4-15(17)8-16/h2,4-5,8-9,12-13H,3,6-7,10-11H2,1H3/t13-/m1/s1. The molecule has 2 heterocycles. The maximum absolute atomic E-state index is 6.03. The van der Waals surface area contributed by atoms with Crippen LogP contribution >= 0.6 is 11.6 Å². The molecule has 0 N–H and O–H groups in total. The third-order valence-electron chi connectivity index (χ3n) is 3.65. The fourth-order valence-corrected chi connectivity index (χ4v) is 2.87. The van der Waals surface area contributed by atoms with E-state index in [1.54, 1.807) is 0 Å². The van der Waals surface area contributed by atoms with Crippen LogP contribution in [0.25, 0.3) is 5.69 Å². The Hall–Kier alpha value is -1.36. The fourth-order valence-electron chi connectivity index (χ4n) is 2.68. The minimum Gasteiger partial charge on any atom is -0.377 e. The molecule has 0 aliphatic carbocycles. The van der Waals surface area contributed by atoms with E-state index >= 15 is 0 Å². The van der Waals surface area contributed by atoms with Gasteiger partial charge in [0.15, 0.2) is 0 Å². The molecular weight excluding hydrogens is 286 g/mol. The van der Waals surface area contributed by atoms with Crippen molar-refractivity contribution in [2.75, 3.05) is 19.7 Å². The van der Waals surface area contributed by atoms with E-state index in [-0.39, 0.29) is 0 Å². The first-order chi connectivity index (χ1) is 10.2. The van der Waals surface area contributed by atoms with Crippen molar-refractivity contribution in [3.05, 3.63) is 47.2 Å². The van der Waals surface area contributed by atoms with Crippen molar-refractivity contribution in [2.24, 2.45) is 0 Å². The lowest BCUT2D eigenvalue weighted by Crippen LogP contribution is -2.29. The molecule has 1 atom stereocenters. The summed E-state index contributed by atoms with van der Waals surface area (Å²) in [5, 5.41) is 5.16. The van der Waals surface area contributed by atoms with Crippen LogP contribution in [0.5, 0.6) is 0 Å². The van der Waals surface area contributed by atoms with E-state index in [2.05, 4.69) is 23.1 Å². The Labute approximate surface area is 130 Å². The second kappa shape index (κ2) is 6.60. The lowest BCUT2D eigenvalue weighted by atomic mass is 10.3. The molecule has 5 heteroatoms. The molecule has 112 valence electrons. The maximum Gasteiger partial charge on any atom is 0.0674 e. The zero-order valence-corrected chi connectivity index (χ0v) is 13.0. The molecule has 0 saturated carbocycles. The van der Waals surface area contributed by atoms with Crippen molar-refractivity contribution < 1.29 is 4.74 Å². The molecule has 21 heavy (non-hydrogen) atoms. The molecule has 2 aromatic rings. The van der Waals surface area contributed by atoms with Gasteiger partial charge in [-0.2, -0.15) is 5.10 Å². The van der Waals surface area contributed by atoms with Crippen molar-refractivity contribution >= 4 is 11.6 Å². The van der Waals surface area contributed by atoms with E-state index in [9.17, 15) is 0 Å². The van der Waals surface area contributed by atoms with Gasteiger partial charge in [0, 0.05) is 43.0 Å². The number of aromatic nitrogens is 2. The Morgan fingerprint density at radius 1 is 1.43 bits per heavy atom. The Bertz CT molecular complexity index is 599. The predicted octanol–water partition coefficient (Wildman–Crippen LogP) is 3.14. The summed E-state index contributed by atoms with van der Waals surface area (Å²) in [5.74, 6) is 0. The molecule has 1 aliphatic rings. The SMILES string of the molecule is C[C@@H]1CN(Cc2cnn(-c3cccc(Cl)c3)c2)CCCO1. The largest absolute Gasteiger partial charge is 0.377 e. The second-order valence-corrected chi connectivity index (χ2v) is 5.98. The smallest absolute Gasteiger partial charge is 0.0674 e. The first-order valence-electron chi connectivity index (χ1n) is 7.34. The fraction of sp³-hybridized carbons (Fsp3) is 0.438. The molecule has 0 amide bonds. The zero-order chi connectivity index (χ0) is 14.7. The summed E-state index contributed by atoms with van der Waals surface area (Å²) in [6, 6.07) is 7.73. The summed E-state index contributed by atoms with van der Waals surface area (Å²) in [6.45, 7) is 5.95. The van der Waals surface area contributed by atoms with E-state index in [0.717, 1.165) is 43.4 Å². The van der Waals surface area contributed by atoms with Crippen LogP contribution in [0.1, 0.15) is 18.9 Å². The third-order valence-corrected chi connectivity index (χ3v) is 3.89. The number of nitrogens with zero attached hydrogens (tertiary/aromatic N) is 3. The lowest BCUT2D eigenvalue weighted by Gasteiger charge is -2.20. The van der Waals surface area contributed by atoms with Gasteiger partial charge in [-0.1, -0.05) is 17.7 Å². The van der Waals surface area contributed by atoms with Gasteiger partial charge < -0.3 is 4.74 Å². The highest BCUT2D eigenvalue weighted by Crippen LogP contribution is 2.16. The van der Waals surface area contributed by atoms with Crippen molar-refractivity contribution in [2.45, 2.75) is 26.0 Å². The van der Waals surface area contributed by atoms with Crippen molar-refractivity contribution in [3.8, 4) is 5.69 Å². The van der Waals surface area contributed by atoms with Gasteiger partial charge >= 0.3 is 0 Å². The van der Waals surface area contributed by atoms with E-state index in [0.29, 0.717) is 6.10 Å². The highest BCUT2D eigenvalue weighted by Gasteiger charge is 2.15. The number of benzene rings is 1. The number of rotatable bonds is 3. The van der Waals surface area contributed by atoms with Gasteiger partial charge in [0.25, 0.3) is 0 Å². The summed E-state index contributed by atoms with van der Waals surface area (Å²) >= 11 is 6.03. The first kappa shape index (κ1) is 14.6. The minimum absolute atomic E-state index is 0.301. The summed E-state index contributed by atoms with van der Waals surface area (Å²) in [5.41, 5.74) is 2.20. The quantitative estimate of drug-likeness (QED) is 0.873. The number of hydrogen-bond donors (Lipinski definition) is 0. The second-order valence-electron chi connectivity index (χ2n) is 5.54. The van der Waals surface area contributed by atoms with Crippen molar-refractivity contribution in [1.82, 2.24) is 14.7 Å². The molecule has 1 fully saturated rings. The number of ether oxygens (including phenoxy) is 1. The first-order valence-corrected chi connectivity index (χ1v) is 7.72. The van der Waals surface area contributed by atoms with E-state index < -0.39 is 0 Å². The summed E-state index contributed by atoms with van der Waals surface area (Å²) < 4.78 is 7.56. The number of hydrogen-bond acceptors (Lipinski definition) is 3. The Kier molecular flexibility index (Phi) is 4.58. The molecule has 1 saturated heterocycles. The molecule has 0 bridgehead atoms. The van der Waals surface area contributed by atoms with Gasteiger partial charge in [-0.3, -0.25) is 4.90 Å². The molecular formula is C16H20ClN3O. The molecule has 4 nitrogen and oxygen atoms in total. The Morgan fingerprint density at radius 3 is 3.19 bits per heavy atom. The van der Waals surface area contributed by atoms with Gasteiger partial charge in [0.05, 0.1) is 18.0 Å². The average Bonchev–Trinajstić information content (AvgIpc) is 2.82. The van der Waals surface area contributed by atoms with Crippen LogP contribution in [-0.4, -0.2) is 40.5 Å². The predicted molar refractivity (Wildman–Crippen MR) is 83.9 cm³/mol. The molecule has 3 rings (SSSR count). The summed E-state index contributed by atoms with van der Waals surface area (Å²) in [6.07, 6.45) is 5.39. The van der Waals surface area contributed by atoms with Gasteiger partial charge in [0.1, 0.15) is 0 Å². The maximum atomic E-state index is 6.03. The average molecular weight is 306 g/mol. The van der Waals surface area contributed by atoms with Gasteiger partial charge in [0.2, 0.25) is 0 Å². The highest BCUT2D eigenvalue weighted by molar-refractivity contribution is 6.30. The monoisotopic (exact) mass is 305 g/mol. The van der Waals surface area contributed by atoms with Gasteiger partial charge in [-0.05, 0) is 31.5 Å². The van der Waals surface area contributed by atoms with Crippen LogP contribution in [0, 0.1) is 0 Å². The zero-order valence-electron chi connectivity index (χ0n) is 12.2. The van der Waals surface area contributed by atoms with Crippen LogP contribution in [0.15, 0.2) is 36.7 Å². The third kappa shape index (κ3) is 3.84. The van der Waals surface area contributed by atoms with Gasteiger partial charge in [-0.15, -0.1) is 0 Å². The lowest BCUT2D eigenvalue weighted by molar-refractivity contribution is 0.0668. The highest BCUT2D eigenvalue weighted by atomic mass is 35.5. The minimum atomic E-state index is 0.301. The van der Waals surface area contributed by atoms with Crippen LogP contribution < -0.4 is 0 Å². The molecule has 1 aromatic heterocycles. The molecule has 1 aliphatic heterocycles. The molecule has 1 aromatic carbocycles. The molecule has 0 radical (unpaired) electrons. The van der Waals surface area contributed by atoms with Crippen molar-refractivity contribution in [3.63, 3.8) is 0 Å². The van der Waals surface area contributed by atoms with Crippen LogP contribution in [0.4, 0.5) is 0 Å². The van der Waals surface area contributed by atoms with Crippen LogP contribution in [0.2, 0.25) is 5.02 Å². The van der Waals surface area contributed by atoms with Crippen LogP contribution in [0.3, 0.4) is 0 Å². The van der Waals surface area contributed by atoms with E-state index in [1.807, 2.05) is 35.1 Å². The van der Waals surface area contributed by atoms with Crippen molar-refractivity contribution in [1.29, 1.82) is 0 Å². The topological polar surface area (TPSA) is 30.3 Å². The number of halogens is 1. The molecule has 0 spiro atoms. The van der Waals surface area contributed by atoms with E-state index in [1.165, 1.54) is 5.56 Å².